The Balaban J connectivity index is 1.98. The van der Waals surface area contributed by atoms with Crippen molar-refractivity contribution in [3.63, 3.8) is 0 Å². The van der Waals surface area contributed by atoms with Gasteiger partial charge in [-0.1, -0.05) is 29.8 Å². The second-order valence-electron chi connectivity index (χ2n) is 5.97. The zero-order valence-electron chi connectivity index (χ0n) is 11.9. The Hall–Kier alpha value is -1.07. The van der Waals surface area contributed by atoms with Crippen LogP contribution in [0.25, 0.3) is 0 Å². The molecule has 3 N–H and O–H groups in total. The standard InChI is InChI=1S/C15H21BrN2O2/c1-15(2)6-3-7-17-13(15)9-18-14(20)11-5-4-10(16)8-12(11)19/h4-5,8,13,17,19H,3,6-7,9H2,1-2H3,(H,18,20). The largest absolute Gasteiger partial charge is 0.507 e. The van der Waals surface area contributed by atoms with Crippen molar-refractivity contribution in [2.24, 2.45) is 5.41 Å². The van der Waals surface area contributed by atoms with Gasteiger partial charge in [0.15, 0.2) is 0 Å². The number of piperidine rings is 1. The number of aromatic hydroxyl groups is 1. The van der Waals surface area contributed by atoms with Crippen LogP contribution in [-0.4, -0.2) is 30.1 Å². The minimum atomic E-state index is -0.238. The first-order chi connectivity index (χ1) is 9.40. The van der Waals surface area contributed by atoms with Crippen LogP contribution in [0.2, 0.25) is 0 Å². The number of hydrogen-bond donors (Lipinski definition) is 3. The highest BCUT2D eigenvalue weighted by Crippen LogP contribution is 2.29. The molecule has 1 aromatic carbocycles. The maximum absolute atomic E-state index is 12.1. The third kappa shape index (κ3) is 3.52. The van der Waals surface area contributed by atoms with E-state index in [-0.39, 0.29) is 23.1 Å². The molecule has 1 aliphatic heterocycles. The molecule has 0 spiro atoms. The van der Waals surface area contributed by atoms with E-state index in [0.717, 1.165) is 17.4 Å². The molecular formula is C15H21BrN2O2. The average Bonchev–Trinajstić information content (AvgIpc) is 2.36. The Kier molecular flexibility index (Phi) is 4.70. The van der Waals surface area contributed by atoms with Gasteiger partial charge in [-0.15, -0.1) is 0 Å². The highest BCUT2D eigenvalue weighted by Gasteiger charge is 2.32. The predicted octanol–water partition coefficient (Wildman–Crippen LogP) is 2.66. The third-order valence-corrected chi connectivity index (χ3v) is 4.50. The summed E-state index contributed by atoms with van der Waals surface area (Å²) in [6, 6.07) is 5.15. The fraction of sp³-hybridized carbons (Fsp3) is 0.533. The number of benzene rings is 1. The predicted molar refractivity (Wildman–Crippen MR) is 82.9 cm³/mol. The van der Waals surface area contributed by atoms with Crippen LogP contribution in [0, 0.1) is 5.41 Å². The highest BCUT2D eigenvalue weighted by atomic mass is 79.9. The molecule has 0 aromatic heterocycles. The monoisotopic (exact) mass is 340 g/mol. The van der Waals surface area contributed by atoms with E-state index < -0.39 is 0 Å². The van der Waals surface area contributed by atoms with Gasteiger partial charge < -0.3 is 15.7 Å². The van der Waals surface area contributed by atoms with Gasteiger partial charge in [0.2, 0.25) is 0 Å². The molecule has 1 saturated heterocycles. The quantitative estimate of drug-likeness (QED) is 0.792. The number of halogens is 1. The number of phenolic OH excluding ortho intramolecular Hbond substituents is 1. The number of phenols is 1. The van der Waals surface area contributed by atoms with E-state index in [9.17, 15) is 9.90 Å². The lowest BCUT2D eigenvalue weighted by atomic mass is 9.77. The molecule has 1 aromatic rings. The van der Waals surface area contributed by atoms with E-state index in [1.54, 1.807) is 12.1 Å². The van der Waals surface area contributed by atoms with Gasteiger partial charge in [-0.2, -0.15) is 0 Å². The van der Waals surface area contributed by atoms with Gasteiger partial charge >= 0.3 is 0 Å². The van der Waals surface area contributed by atoms with E-state index in [2.05, 4.69) is 40.4 Å². The smallest absolute Gasteiger partial charge is 0.255 e. The molecule has 1 aliphatic rings. The van der Waals surface area contributed by atoms with Gasteiger partial charge in [-0.25, -0.2) is 0 Å². The third-order valence-electron chi connectivity index (χ3n) is 4.00. The summed E-state index contributed by atoms with van der Waals surface area (Å²) in [4.78, 5) is 12.1. The Morgan fingerprint density at radius 2 is 2.30 bits per heavy atom. The first-order valence-corrected chi connectivity index (χ1v) is 7.69. The number of hydrogen-bond acceptors (Lipinski definition) is 3. The summed E-state index contributed by atoms with van der Waals surface area (Å²) in [5.41, 5.74) is 0.481. The summed E-state index contributed by atoms with van der Waals surface area (Å²) in [6.07, 6.45) is 2.33. The first-order valence-electron chi connectivity index (χ1n) is 6.90. The topological polar surface area (TPSA) is 61.4 Å². The van der Waals surface area contributed by atoms with Crippen LogP contribution in [0.5, 0.6) is 5.75 Å². The zero-order valence-corrected chi connectivity index (χ0v) is 13.5. The molecule has 1 fully saturated rings. The van der Waals surface area contributed by atoms with Gasteiger partial charge in [-0.05, 0) is 43.0 Å². The Labute approximate surface area is 128 Å². The van der Waals surface area contributed by atoms with Gasteiger partial charge in [0, 0.05) is 17.1 Å². The van der Waals surface area contributed by atoms with Crippen LogP contribution >= 0.6 is 15.9 Å². The number of rotatable bonds is 3. The second-order valence-corrected chi connectivity index (χ2v) is 6.89. The summed E-state index contributed by atoms with van der Waals surface area (Å²) in [7, 11) is 0. The average molecular weight is 341 g/mol. The second kappa shape index (κ2) is 6.14. The molecule has 0 aliphatic carbocycles. The van der Waals surface area contributed by atoms with Crippen LogP contribution in [-0.2, 0) is 0 Å². The van der Waals surface area contributed by atoms with Crippen LogP contribution < -0.4 is 10.6 Å². The molecule has 0 bridgehead atoms. The fourth-order valence-electron chi connectivity index (χ4n) is 2.61. The highest BCUT2D eigenvalue weighted by molar-refractivity contribution is 9.10. The van der Waals surface area contributed by atoms with Gasteiger partial charge in [0.25, 0.3) is 5.91 Å². The van der Waals surface area contributed by atoms with E-state index in [4.69, 9.17) is 0 Å². The van der Waals surface area contributed by atoms with Crippen LogP contribution in [0.1, 0.15) is 37.0 Å². The maximum atomic E-state index is 12.1. The Morgan fingerprint density at radius 1 is 1.55 bits per heavy atom. The van der Waals surface area contributed by atoms with Gasteiger partial charge in [-0.3, -0.25) is 4.79 Å². The Bertz CT molecular complexity index is 503. The normalized spacial score (nSPS) is 21.4. The molecule has 20 heavy (non-hydrogen) atoms. The van der Waals surface area contributed by atoms with Crippen molar-refractivity contribution in [2.45, 2.75) is 32.7 Å². The summed E-state index contributed by atoms with van der Waals surface area (Å²) < 4.78 is 0.752. The van der Waals surface area contributed by atoms with Crippen molar-refractivity contribution in [3.05, 3.63) is 28.2 Å². The first kappa shape index (κ1) is 15.3. The van der Waals surface area contributed by atoms with Crippen LogP contribution in [0.15, 0.2) is 22.7 Å². The summed E-state index contributed by atoms with van der Waals surface area (Å²) in [5.74, 6) is -0.245. The van der Waals surface area contributed by atoms with Crippen LogP contribution in [0.4, 0.5) is 0 Å². The maximum Gasteiger partial charge on any atom is 0.255 e. The molecule has 1 atom stereocenters. The minimum Gasteiger partial charge on any atom is -0.507 e. The van der Waals surface area contributed by atoms with Crippen LogP contribution in [0.3, 0.4) is 0 Å². The van der Waals surface area contributed by atoms with Gasteiger partial charge in [0.05, 0.1) is 5.56 Å². The van der Waals surface area contributed by atoms with Crippen molar-refractivity contribution in [2.75, 3.05) is 13.1 Å². The lowest BCUT2D eigenvalue weighted by Gasteiger charge is -2.39. The molecule has 4 nitrogen and oxygen atoms in total. The van der Waals surface area contributed by atoms with E-state index in [0.29, 0.717) is 12.1 Å². The molecule has 2 rings (SSSR count). The molecule has 1 amide bonds. The summed E-state index contributed by atoms with van der Waals surface area (Å²) in [5, 5.41) is 16.2. The number of amides is 1. The minimum absolute atomic E-state index is 0.00672. The number of carbonyl (C=O) groups is 1. The lowest BCUT2D eigenvalue weighted by molar-refractivity contribution is 0.0926. The number of nitrogens with one attached hydrogen (secondary N) is 2. The van der Waals surface area contributed by atoms with E-state index in [1.807, 2.05) is 0 Å². The van der Waals surface area contributed by atoms with Crippen molar-refractivity contribution in [1.29, 1.82) is 0 Å². The van der Waals surface area contributed by atoms with E-state index in [1.165, 1.54) is 12.5 Å². The molecule has 0 radical (unpaired) electrons. The lowest BCUT2D eigenvalue weighted by Crippen LogP contribution is -2.52. The van der Waals surface area contributed by atoms with Gasteiger partial charge in [0.1, 0.15) is 5.75 Å². The molecular weight excluding hydrogens is 320 g/mol. The molecule has 1 unspecified atom stereocenters. The molecule has 0 saturated carbocycles. The fourth-order valence-corrected chi connectivity index (χ4v) is 2.96. The van der Waals surface area contributed by atoms with Crippen molar-refractivity contribution >= 4 is 21.8 Å². The van der Waals surface area contributed by atoms with Crippen molar-refractivity contribution < 1.29 is 9.90 Å². The number of carbonyl (C=O) groups excluding carboxylic acids is 1. The van der Waals surface area contributed by atoms with Crippen molar-refractivity contribution in [3.8, 4) is 5.75 Å². The van der Waals surface area contributed by atoms with E-state index >= 15 is 0 Å². The zero-order chi connectivity index (χ0) is 14.8. The summed E-state index contributed by atoms with van der Waals surface area (Å²) in [6.45, 7) is 6.00. The van der Waals surface area contributed by atoms with Crippen molar-refractivity contribution in [1.82, 2.24) is 10.6 Å². The molecule has 5 heteroatoms. The summed E-state index contributed by atoms with van der Waals surface area (Å²) >= 11 is 3.26. The molecule has 1 heterocycles. The molecule has 110 valence electrons. The SMILES string of the molecule is CC1(C)CCCNC1CNC(=O)c1ccc(Br)cc1O. The Morgan fingerprint density at radius 3 is 2.95 bits per heavy atom.